The molecule has 3 N–H and O–H groups in total. The molecule has 0 heterocycles. The van der Waals surface area contributed by atoms with Crippen molar-refractivity contribution in [1.29, 1.82) is 0 Å². The lowest BCUT2D eigenvalue weighted by Crippen LogP contribution is -2.32. The topological polar surface area (TPSA) is 95.5 Å². The third-order valence-corrected chi connectivity index (χ3v) is 4.71. The number of nitrogens with one attached hydrogen (secondary N) is 2. The van der Waals surface area contributed by atoms with Crippen LogP contribution >= 0.6 is 0 Å². The van der Waals surface area contributed by atoms with Crippen molar-refractivity contribution in [2.45, 2.75) is 63.9 Å². The predicted molar refractivity (Wildman–Crippen MR) is 91.5 cm³/mol. The smallest absolute Gasteiger partial charge is 0.337 e. The molecule has 0 fully saturated rings. The summed E-state index contributed by atoms with van der Waals surface area (Å²) in [6.45, 7) is 9.46. The average molecular weight is 342 g/mol. The van der Waals surface area contributed by atoms with Gasteiger partial charge >= 0.3 is 5.97 Å². The predicted octanol–water partition coefficient (Wildman–Crippen LogP) is 3.06. The third kappa shape index (κ3) is 5.84. The van der Waals surface area contributed by atoms with Gasteiger partial charge in [0, 0.05) is 17.3 Å². The van der Waals surface area contributed by atoms with Crippen molar-refractivity contribution in [3.8, 4) is 0 Å². The Balaban J connectivity index is 3.20. The van der Waals surface area contributed by atoms with Crippen LogP contribution in [0.15, 0.2) is 23.1 Å². The summed E-state index contributed by atoms with van der Waals surface area (Å²) in [5, 5.41) is 12.4. The van der Waals surface area contributed by atoms with Gasteiger partial charge in [0.1, 0.15) is 0 Å². The second-order valence-corrected chi connectivity index (χ2v) is 8.41. The number of rotatable bonds is 7. The molecular formula is C16H26N2O4S. The molecule has 1 atom stereocenters. The molecule has 7 heteroatoms. The zero-order valence-corrected chi connectivity index (χ0v) is 15.1. The lowest BCUT2D eigenvalue weighted by Gasteiger charge is -2.23. The van der Waals surface area contributed by atoms with Crippen LogP contribution in [-0.2, 0) is 10.0 Å². The maximum absolute atomic E-state index is 12.4. The van der Waals surface area contributed by atoms with Crippen molar-refractivity contribution >= 4 is 21.7 Å². The highest BCUT2D eigenvalue weighted by molar-refractivity contribution is 7.89. The zero-order chi connectivity index (χ0) is 17.8. The molecule has 0 aliphatic heterocycles. The van der Waals surface area contributed by atoms with Crippen molar-refractivity contribution in [3.05, 3.63) is 23.8 Å². The van der Waals surface area contributed by atoms with Gasteiger partial charge in [0.15, 0.2) is 0 Å². The summed E-state index contributed by atoms with van der Waals surface area (Å²) in [5.41, 5.74) is -0.00475. The molecular weight excluding hydrogens is 316 g/mol. The van der Waals surface area contributed by atoms with Crippen molar-refractivity contribution in [2.75, 3.05) is 5.32 Å². The molecule has 0 saturated carbocycles. The van der Waals surface area contributed by atoms with Gasteiger partial charge < -0.3 is 10.4 Å². The van der Waals surface area contributed by atoms with Crippen LogP contribution in [0.3, 0.4) is 0 Å². The van der Waals surface area contributed by atoms with Gasteiger partial charge in [-0.3, -0.25) is 0 Å². The molecule has 6 nitrogen and oxygen atoms in total. The summed E-state index contributed by atoms with van der Waals surface area (Å²) in [4.78, 5) is 11.4. The Morgan fingerprint density at radius 3 is 2.39 bits per heavy atom. The number of hydrogen-bond donors (Lipinski definition) is 3. The van der Waals surface area contributed by atoms with Crippen molar-refractivity contribution in [2.24, 2.45) is 0 Å². The van der Waals surface area contributed by atoms with Crippen LogP contribution in [0.5, 0.6) is 0 Å². The largest absolute Gasteiger partial charge is 0.478 e. The van der Waals surface area contributed by atoms with Crippen molar-refractivity contribution in [1.82, 2.24) is 4.72 Å². The minimum atomic E-state index is -3.74. The number of sulfonamides is 1. The highest BCUT2D eigenvalue weighted by atomic mass is 32.2. The van der Waals surface area contributed by atoms with Gasteiger partial charge in [0.25, 0.3) is 0 Å². The summed E-state index contributed by atoms with van der Waals surface area (Å²) in [6, 6.07) is 3.90. The minimum Gasteiger partial charge on any atom is -0.478 e. The molecule has 0 unspecified atom stereocenters. The molecule has 1 aromatic rings. The Kier molecular flexibility index (Phi) is 6.18. The number of carboxylic acids is 1. The van der Waals surface area contributed by atoms with Gasteiger partial charge in [-0.2, -0.15) is 0 Å². The first kappa shape index (κ1) is 19.4. The van der Waals surface area contributed by atoms with E-state index in [0.29, 0.717) is 12.1 Å². The Morgan fingerprint density at radius 2 is 1.91 bits per heavy atom. The van der Waals surface area contributed by atoms with E-state index in [0.717, 1.165) is 6.42 Å². The fourth-order valence-corrected chi connectivity index (χ4v) is 3.51. The molecule has 23 heavy (non-hydrogen) atoms. The second kappa shape index (κ2) is 7.31. The molecule has 0 radical (unpaired) electrons. The van der Waals surface area contributed by atoms with Crippen LogP contribution in [0.2, 0.25) is 0 Å². The van der Waals surface area contributed by atoms with Gasteiger partial charge in [-0.15, -0.1) is 0 Å². The molecule has 0 saturated heterocycles. The fraction of sp³-hybridized carbons (Fsp3) is 0.562. The van der Waals surface area contributed by atoms with Gasteiger partial charge in [-0.1, -0.05) is 13.3 Å². The number of carboxylic acid groups (broad SMARTS) is 1. The van der Waals surface area contributed by atoms with Gasteiger partial charge in [0.05, 0.1) is 10.5 Å². The molecule has 0 aliphatic rings. The summed E-state index contributed by atoms with van der Waals surface area (Å²) in [7, 11) is -3.74. The Hall–Kier alpha value is -1.60. The van der Waals surface area contributed by atoms with Crippen LogP contribution in [0.4, 0.5) is 5.69 Å². The first-order chi connectivity index (χ1) is 10.5. The Bertz CT molecular complexity index is 663. The lowest BCUT2D eigenvalue weighted by atomic mass is 10.1. The highest BCUT2D eigenvalue weighted by Gasteiger charge is 2.22. The van der Waals surface area contributed by atoms with E-state index >= 15 is 0 Å². The van der Waals surface area contributed by atoms with E-state index in [-0.39, 0.29) is 22.0 Å². The van der Waals surface area contributed by atoms with Crippen LogP contribution in [0.1, 0.15) is 57.8 Å². The second-order valence-electron chi connectivity index (χ2n) is 6.70. The van der Waals surface area contributed by atoms with Crippen LogP contribution < -0.4 is 10.0 Å². The van der Waals surface area contributed by atoms with E-state index in [4.69, 9.17) is 0 Å². The van der Waals surface area contributed by atoms with Gasteiger partial charge in [0.2, 0.25) is 10.0 Å². The van der Waals surface area contributed by atoms with Crippen LogP contribution in [0.25, 0.3) is 0 Å². The number of hydrogen-bond acceptors (Lipinski definition) is 4. The van der Waals surface area contributed by atoms with Crippen molar-refractivity contribution < 1.29 is 18.3 Å². The van der Waals surface area contributed by atoms with E-state index in [2.05, 4.69) is 10.0 Å². The number of carbonyl (C=O) groups is 1. The normalized spacial score (nSPS) is 13.6. The first-order valence-corrected chi connectivity index (χ1v) is 9.12. The molecule has 0 bridgehead atoms. The standard InChI is InChI=1S/C16H26N2O4S/c1-6-7-11(2)18-23(21,22)12-8-9-14(17-16(3,4)5)13(10-12)15(19)20/h8-11,17-18H,6-7H2,1-5H3,(H,19,20)/t11-/m0/s1. The average Bonchev–Trinajstić information content (AvgIpc) is 2.36. The first-order valence-electron chi connectivity index (χ1n) is 7.64. The maximum atomic E-state index is 12.4. The zero-order valence-electron chi connectivity index (χ0n) is 14.3. The number of anilines is 1. The summed E-state index contributed by atoms with van der Waals surface area (Å²) < 4.78 is 27.3. The molecule has 0 aliphatic carbocycles. The fourth-order valence-electron chi connectivity index (χ4n) is 2.21. The van der Waals surface area contributed by atoms with E-state index in [1.807, 2.05) is 27.7 Å². The summed E-state index contributed by atoms with van der Waals surface area (Å²) >= 11 is 0. The summed E-state index contributed by atoms with van der Waals surface area (Å²) in [5.74, 6) is -1.17. The molecule has 0 spiro atoms. The maximum Gasteiger partial charge on any atom is 0.337 e. The monoisotopic (exact) mass is 342 g/mol. The SMILES string of the molecule is CCC[C@H](C)NS(=O)(=O)c1ccc(NC(C)(C)C)c(C(=O)O)c1. The number of aromatic carboxylic acids is 1. The molecule has 0 amide bonds. The summed E-state index contributed by atoms with van der Waals surface area (Å²) in [6.07, 6.45) is 1.58. The van der Waals surface area contributed by atoms with Gasteiger partial charge in [-0.25, -0.2) is 17.9 Å². The van der Waals surface area contributed by atoms with Gasteiger partial charge in [-0.05, 0) is 52.3 Å². The Labute approximate surface area is 138 Å². The Morgan fingerprint density at radius 1 is 1.30 bits per heavy atom. The van der Waals surface area contributed by atoms with Crippen LogP contribution in [0, 0.1) is 0 Å². The molecule has 0 aromatic heterocycles. The van der Waals surface area contributed by atoms with E-state index in [1.54, 1.807) is 6.92 Å². The van der Waals surface area contributed by atoms with E-state index < -0.39 is 16.0 Å². The number of benzene rings is 1. The van der Waals surface area contributed by atoms with E-state index in [9.17, 15) is 18.3 Å². The minimum absolute atomic E-state index is 0.0442. The third-order valence-electron chi connectivity index (χ3n) is 3.12. The molecule has 130 valence electrons. The molecule has 1 aromatic carbocycles. The lowest BCUT2D eigenvalue weighted by molar-refractivity contribution is 0.0697. The highest BCUT2D eigenvalue weighted by Crippen LogP contribution is 2.24. The van der Waals surface area contributed by atoms with E-state index in [1.165, 1.54) is 18.2 Å². The quantitative estimate of drug-likeness (QED) is 0.708. The van der Waals surface area contributed by atoms with Crippen LogP contribution in [-0.4, -0.2) is 31.1 Å². The molecule has 1 rings (SSSR count). The van der Waals surface area contributed by atoms with Crippen molar-refractivity contribution in [3.63, 3.8) is 0 Å².